The van der Waals surface area contributed by atoms with Gasteiger partial charge in [0, 0.05) is 12.1 Å². The molecule has 0 bridgehead atoms. The Hall–Kier alpha value is -3.87. The van der Waals surface area contributed by atoms with Crippen LogP contribution in [0.3, 0.4) is 0 Å². The molecule has 0 saturated carbocycles. The van der Waals surface area contributed by atoms with E-state index in [1.807, 2.05) is 12.1 Å². The van der Waals surface area contributed by atoms with Crippen LogP contribution in [0.25, 0.3) is 0 Å². The predicted octanol–water partition coefficient (Wildman–Crippen LogP) is 5.27. The standard InChI is InChI=1S/C27H27FN2O4/c1-17-4-14-24(23(28)16-17)29-27(32)22-13-15-25(31)30(19-7-11-21(34-3)12-8-19)26(22)18-5-9-20(33-2)10-6-18/h4-12,14,16,22,26H,13,15H2,1-3H3,(H,29,32). The summed E-state index contributed by atoms with van der Waals surface area (Å²) in [5.74, 6) is -0.170. The van der Waals surface area contributed by atoms with Crippen LogP contribution in [0.15, 0.2) is 66.7 Å². The Balaban J connectivity index is 1.73. The molecule has 0 aliphatic carbocycles. The zero-order valence-electron chi connectivity index (χ0n) is 19.4. The first-order valence-corrected chi connectivity index (χ1v) is 11.1. The van der Waals surface area contributed by atoms with Crippen molar-refractivity contribution in [1.29, 1.82) is 0 Å². The number of anilines is 2. The third-order valence-electron chi connectivity index (χ3n) is 6.12. The average molecular weight is 463 g/mol. The van der Waals surface area contributed by atoms with Crippen molar-refractivity contribution in [3.63, 3.8) is 0 Å². The fraction of sp³-hybridized carbons (Fsp3) is 0.259. The third-order valence-corrected chi connectivity index (χ3v) is 6.12. The van der Waals surface area contributed by atoms with Crippen LogP contribution in [-0.4, -0.2) is 26.0 Å². The Kier molecular flexibility index (Phi) is 6.82. The van der Waals surface area contributed by atoms with E-state index in [1.54, 1.807) is 74.6 Å². The second kappa shape index (κ2) is 9.95. The average Bonchev–Trinajstić information content (AvgIpc) is 2.85. The summed E-state index contributed by atoms with van der Waals surface area (Å²) in [4.78, 5) is 28.2. The molecule has 4 rings (SSSR count). The van der Waals surface area contributed by atoms with E-state index in [1.165, 1.54) is 6.07 Å². The molecule has 0 radical (unpaired) electrons. The summed E-state index contributed by atoms with van der Waals surface area (Å²) in [7, 11) is 3.15. The minimum Gasteiger partial charge on any atom is -0.497 e. The van der Waals surface area contributed by atoms with Crippen molar-refractivity contribution < 1.29 is 23.5 Å². The molecule has 2 atom stereocenters. The van der Waals surface area contributed by atoms with Crippen molar-refractivity contribution in [3.8, 4) is 11.5 Å². The highest BCUT2D eigenvalue weighted by atomic mass is 19.1. The lowest BCUT2D eigenvalue weighted by Crippen LogP contribution is -2.47. The summed E-state index contributed by atoms with van der Waals surface area (Å²) in [6.45, 7) is 1.79. The van der Waals surface area contributed by atoms with Gasteiger partial charge in [-0.25, -0.2) is 4.39 Å². The molecular formula is C27H27FN2O4. The van der Waals surface area contributed by atoms with E-state index < -0.39 is 17.8 Å². The van der Waals surface area contributed by atoms with Gasteiger partial charge in [-0.2, -0.15) is 0 Å². The normalized spacial score (nSPS) is 17.9. The number of rotatable bonds is 6. The Labute approximate surface area is 198 Å². The van der Waals surface area contributed by atoms with Gasteiger partial charge in [-0.3, -0.25) is 9.59 Å². The number of halogens is 1. The number of carbonyl (C=O) groups excluding carboxylic acids is 2. The monoisotopic (exact) mass is 462 g/mol. The van der Waals surface area contributed by atoms with E-state index in [-0.39, 0.29) is 23.9 Å². The maximum absolute atomic E-state index is 14.5. The number of amides is 2. The Morgan fingerprint density at radius 2 is 1.59 bits per heavy atom. The lowest BCUT2D eigenvalue weighted by Gasteiger charge is -2.41. The van der Waals surface area contributed by atoms with Crippen LogP contribution >= 0.6 is 0 Å². The number of hydrogen-bond donors (Lipinski definition) is 1. The molecule has 0 aromatic heterocycles. The SMILES string of the molecule is COc1ccc(C2C(C(=O)Nc3ccc(C)cc3F)CCC(=O)N2c2ccc(OC)cc2)cc1. The number of carbonyl (C=O) groups is 2. The highest BCUT2D eigenvalue weighted by molar-refractivity contribution is 6.00. The Morgan fingerprint density at radius 3 is 2.18 bits per heavy atom. The van der Waals surface area contributed by atoms with Crippen LogP contribution in [-0.2, 0) is 9.59 Å². The molecule has 1 aliphatic heterocycles. The van der Waals surface area contributed by atoms with E-state index >= 15 is 0 Å². The van der Waals surface area contributed by atoms with Crippen molar-refractivity contribution in [2.45, 2.75) is 25.8 Å². The molecule has 6 nitrogen and oxygen atoms in total. The van der Waals surface area contributed by atoms with Gasteiger partial charge in [0.2, 0.25) is 11.8 Å². The second-order valence-corrected chi connectivity index (χ2v) is 8.30. The van der Waals surface area contributed by atoms with Gasteiger partial charge in [-0.15, -0.1) is 0 Å². The first-order chi connectivity index (χ1) is 16.4. The second-order valence-electron chi connectivity index (χ2n) is 8.30. The molecular weight excluding hydrogens is 435 g/mol. The van der Waals surface area contributed by atoms with Crippen LogP contribution < -0.4 is 19.7 Å². The van der Waals surface area contributed by atoms with Crippen molar-refractivity contribution >= 4 is 23.2 Å². The van der Waals surface area contributed by atoms with Crippen molar-refractivity contribution in [2.75, 3.05) is 24.4 Å². The summed E-state index contributed by atoms with van der Waals surface area (Å²) in [6, 6.07) is 18.6. The van der Waals surface area contributed by atoms with E-state index in [9.17, 15) is 14.0 Å². The summed E-state index contributed by atoms with van der Waals surface area (Å²) in [5, 5.41) is 2.74. The fourth-order valence-corrected chi connectivity index (χ4v) is 4.34. The van der Waals surface area contributed by atoms with Crippen LogP contribution in [0.2, 0.25) is 0 Å². The van der Waals surface area contributed by atoms with Crippen molar-refractivity contribution in [3.05, 3.63) is 83.7 Å². The summed E-state index contributed by atoms with van der Waals surface area (Å²) in [5.41, 5.74) is 2.33. The third kappa shape index (κ3) is 4.73. The van der Waals surface area contributed by atoms with Gasteiger partial charge in [0.1, 0.15) is 17.3 Å². The highest BCUT2D eigenvalue weighted by Crippen LogP contribution is 2.41. The van der Waals surface area contributed by atoms with Gasteiger partial charge in [0.25, 0.3) is 0 Å². The van der Waals surface area contributed by atoms with Gasteiger partial charge >= 0.3 is 0 Å². The Bertz CT molecular complexity index is 1180. The van der Waals surface area contributed by atoms with Crippen molar-refractivity contribution in [1.82, 2.24) is 0 Å². The van der Waals surface area contributed by atoms with Gasteiger partial charge in [-0.05, 0) is 73.0 Å². The van der Waals surface area contributed by atoms with Gasteiger partial charge < -0.3 is 19.7 Å². The maximum Gasteiger partial charge on any atom is 0.230 e. The summed E-state index contributed by atoms with van der Waals surface area (Å²) < 4.78 is 25.0. The topological polar surface area (TPSA) is 67.9 Å². The number of nitrogens with zero attached hydrogens (tertiary/aromatic N) is 1. The van der Waals surface area contributed by atoms with Crippen molar-refractivity contribution in [2.24, 2.45) is 5.92 Å². The number of ether oxygens (including phenoxy) is 2. The number of methoxy groups -OCH3 is 2. The zero-order valence-corrected chi connectivity index (χ0v) is 19.4. The largest absolute Gasteiger partial charge is 0.497 e. The van der Waals surface area contributed by atoms with Crippen LogP contribution in [0, 0.1) is 18.7 Å². The molecule has 1 N–H and O–H groups in total. The minimum atomic E-state index is -0.589. The smallest absolute Gasteiger partial charge is 0.230 e. The number of aryl methyl sites for hydroxylation is 1. The lowest BCUT2D eigenvalue weighted by atomic mass is 9.83. The molecule has 2 amide bonds. The summed E-state index contributed by atoms with van der Waals surface area (Å²) in [6.07, 6.45) is 0.550. The number of benzene rings is 3. The lowest BCUT2D eigenvalue weighted by molar-refractivity contribution is -0.126. The van der Waals surface area contributed by atoms with Crippen LogP contribution in [0.5, 0.6) is 11.5 Å². The molecule has 0 spiro atoms. The number of piperidine rings is 1. The zero-order chi connectivity index (χ0) is 24.2. The first kappa shape index (κ1) is 23.3. The van der Waals surface area contributed by atoms with E-state index in [4.69, 9.17) is 9.47 Å². The fourth-order valence-electron chi connectivity index (χ4n) is 4.34. The molecule has 3 aromatic carbocycles. The van der Waals surface area contributed by atoms with Gasteiger partial charge in [0.15, 0.2) is 0 Å². The van der Waals surface area contributed by atoms with E-state index in [2.05, 4.69) is 5.32 Å². The number of hydrogen-bond acceptors (Lipinski definition) is 4. The number of nitrogens with one attached hydrogen (secondary N) is 1. The molecule has 34 heavy (non-hydrogen) atoms. The first-order valence-electron chi connectivity index (χ1n) is 11.1. The summed E-state index contributed by atoms with van der Waals surface area (Å²) >= 11 is 0. The van der Waals surface area contributed by atoms with Gasteiger partial charge in [-0.1, -0.05) is 18.2 Å². The predicted molar refractivity (Wildman–Crippen MR) is 129 cm³/mol. The van der Waals surface area contributed by atoms with Gasteiger partial charge in [0.05, 0.1) is 31.9 Å². The molecule has 176 valence electrons. The minimum absolute atomic E-state index is 0.0865. The molecule has 1 aliphatic rings. The van der Waals surface area contributed by atoms with E-state index in [0.717, 1.165) is 11.1 Å². The highest BCUT2D eigenvalue weighted by Gasteiger charge is 2.41. The van der Waals surface area contributed by atoms with Crippen LogP contribution in [0.1, 0.15) is 30.0 Å². The molecule has 1 fully saturated rings. The Morgan fingerprint density at radius 1 is 0.971 bits per heavy atom. The molecule has 2 unspecified atom stereocenters. The van der Waals surface area contributed by atoms with E-state index in [0.29, 0.717) is 23.6 Å². The quantitative estimate of drug-likeness (QED) is 0.542. The molecule has 7 heteroatoms. The maximum atomic E-state index is 14.5. The molecule has 1 saturated heterocycles. The molecule has 1 heterocycles. The molecule has 3 aromatic rings. The van der Waals surface area contributed by atoms with Crippen LogP contribution in [0.4, 0.5) is 15.8 Å².